The monoisotopic (exact) mass is 186 g/mol. The average Bonchev–Trinajstić information content (AvgIpc) is 2.69. The molecule has 3 aliphatic rings. The number of hydrogen-bond acceptors (Lipinski definition) is 2. The molecule has 0 spiro atoms. The Labute approximate surface area is 81.5 Å². The molecule has 1 aliphatic heterocycles. The van der Waals surface area contributed by atoms with Crippen molar-refractivity contribution >= 4 is 0 Å². The molecule has 0 aromatic rings. The third kappa shape index (κ3) is 1.07. The second kappa shape index (κ2) is 2.71. The predicted molar refractivity (Wildman–Crippen MR) is 53.6 cm³/mol. The largest absolute Gasteiger partial charge is 0.423 e. The zero-order chi connectivity index (χ0) is 9.54. The Morgan fingerprint density at radius 3 is 2.86 bits per heavy atom. The van der Waals surface area contributed by atoms with Crippen LogP contribution in [0.25, 0.3) is 11.3 Å². The first-order chi connectivity index (χ1) is 6.83. The molecule has 0 saturated heterocycles. The normalized spacial score (nSPS) is 14.6. The molecule has 0 N–H and O–H groups in total. The Balaban J connectivity index is 2.34. The summed E-state index contributed by atoms with van der Waals surface area (Å²) in [6, 6.07) is 7.63. The quantitative estimate of drug-likeness (QED) is 0.631. The molecule has 0 radical (unpaired) electrons. The smallest absolute Gasteiger partial charge is 0.336 e. The minimum atomic E-state index is -0.252. The van der Waals surface area contributed by atoms with E-state index in [0.717, 1.165) is 18.4 Å². The van der Waals surface area contributed by atoms with Crippen molar-refractivity contribution in [3.8, 4) is 11.3 Å². The SMILES string of the molecule is O=c1cc2cc3c(ccc-2o1)CCC3. The molecule has 0 aromatic carbocycles. The second-order valence-corrected chi connectivity index (χ2v) is 3.77. The van der Waals surface area contributed by atoms with Crippen molar-refractivity contribution in [3.63, 3.8) is 0 Å². The van der Waals surface area contributed by atoms with Crippen LogP contribution >= 0.6 is 0 Å². The van der Waals surface area contributed by atoms with Crippen LogP contribution in [0.1, 0.15) is 17.5 Å². The van der Waals surface area contributed by atoms with Crippen molar-refractivity contribution in [1.82, 2.24) is 0 Å². The molecule has 0 saturated carbocycles. The van der Waals surface area contributed by atoms with E-state index in [1.54, 1.807) is 6.07 Å². The van der Waals surface area contributed by atoms with E-state index in [2.05, 4.69) is 12.1 Å². The Morgan fingerprint density at radius 2 is 1.93 bits per heavy atom. The van der Waals surface area contributed by atoms with E-state index in [4.69, 9.17) is 4.42 Å². The lowest BCUT2D eigenvalue weighted by atomic mass is 10.2. The number of fused-ring (bicyclic) bond motifs is 2. The van der Waals surface area contributed by atoms with Gasteiger partial charge >= 0.3 is 5.63 Å². The van der Waals surface area contributed by atoms with Crippen LogP contribution in [0.4, 0.5) is 0 Å². The first kappa shape index (κ1) is 7.80. The zero-order valence-electron chi connectivity index (χ0n) is 7.75. The van der Waals surface area contributed by atoms with Crippen LogP contribution in [0.2, 0.25) is 0 Å². The van der Waals surface area contributed by atoms with Gasteiger partial charge in [0.05, 0.1) is 0 Å². The summed E-state index contributed by atoms with van der Waals surface area (Å²) >= 11 is 0. The van der Waals surface area contributed by atoms with Crippen LogP contribution < -0.4 is 5.63 Å². The molecule has 0 atom stereocenters. The van der Waals surface area contributed by atoms with Crippen molar-refractivity contribution in [2.45, 2.75) is 19.3 Å². The number of aryl methyl sites for hydroxylation is 2. The summed E-state index contributed by atoms with van der Waals surface area (Å²) < 4.78 is 5.05. The first-order valence-corrected chi connectivity index (χ1v) is 4.88. The highest BCUT2D eigenvalue weighted by molar-refractivity contribution is 5.60. The predicted octanol–water partition coefficient (Wildman–Crippen LogP) is 2.23. The molecule has 3 rings (SSSR count). The molecule has 0 bridgehead atoms. The van der Waals surface area contributed by atoms with Gasteiger partial charge in [-0.3, -0.25) is 0 Å². The Kier molecular flexibility index (Phi) is 1.51. The minimum absolute atomic E-state index is 0.252. The fraction of sp³-hybridized carbons (Fsp3) is 0.250. The van der Waals surface area contributed by atoms with Gasteiger partial charge in [0.15, 0.2) is 0 Å². The van der Waals surface area contributed by atoms with E-state index >= 15 is 0 Å². The van der Waals surface area contributed by atoms with Gasteiger partial charge in [0, 0.05) is 11.6 Å². The standard InChI is InChI=1S/C12H10O2/c13-12-7-10-6-9-3-1-2-8(9)4-5-11(10)14-12/h4-7H,1-3H2. The lowest BCUT2D eigenvalue weighted by Gasteiger charge is -1.89. The summed E-state index contributed by atoms with van der Waals surface area (Å²) in [4.78, 5) is 11.0. The maximum atomic E-state index is 11.0. The molecule has 1 heterocycles. The van der Waals surface area contributed by atoms with Crippen molar-refractivity contribution in [3.05, 3.63) is 45.8 Å². The summed E-state index contributed by atoms with van der Waals surface area (Å²) in [5.41, 5.74) is 3.43. The van der Waals surface area contributed by atoms with Crippen LogP contribution in [0.5, 0.6) is 0 Å². The molecular formula is C12H10O2. The van der Waals surface area contributed by atoms with Crippen LogP contribution in [-0.2, 0) is 12.8 Å². The van der Waals surface area contributed by atoms with E-state index in [-0.39, 0.29) is 5.63 Å². The van der Waals surface area contributed by atoms with Crippen LogP contribution in [-0.4, -0.2) is 0 Å². The molecular weight excluding hydrogens is 176 g/mol. The topological polar surface area (TPSA) is 30.2 Å². The van der Waals surface area contributed by atoms with E-state index in [1.165, 1.54) is 17.5 Å². The third-order valence-electron chi connectivity index (χ3n) is 2.84. The molecule has 0 amide bonds. The summed E-state index contributed by atoms with van der Waals surface area (Å²) in [5.74, 6) is 0.699. The fourth-order valence-corrected chi connectivity index (χ4v) is 2.15. The third-order valence-corrected chi connectivity index (χ3v) is 2.84. The van der Waals surface area contributed by atoms with Gasteiger partial charge in [-0.25, -0.2) is 4.79 Å². The Bertz CT molecular complexity index is 510. The van der Waals surface area contributed by atoms with Gasteiger partial charge in [0.1, 0.15) is 5.76 Å². The van der Waals surface area contributed by atoms with Gasteiger partial charge in [0.25, 0.3) is 0 Å². The lowest BCUT2D eigenvalue weighted by molar-refractivity contribution is 0.545. The van der Waals surface area contributed by atoms with Gasteiger partial charge in [-0.05, 0) is 42.5 Å². The van der Waals surface area contributed by atoms with Gasteiger partial charge in [-0.1, -0.05) is 6.07 Å². The molecule has 0 aromatic heterocycles. The van der Waals surface area contributed by atoms with Gasteiger partial charge in [-0.2, -0.15) is 0 Å². The molecule has 0 unspecified atom stereocenters. The molecule has 70 valence electrons. The van der Waals surface area contributed by atoms with Crippen molar-refractivity contribution in [2.75, 3.05) is 0 Å². The molecule has 2 aliphatic carbocycles. The minimum Gasteiger partial charge on any atom is -0.423 e. The lowest BCUT2D eigenvalue weighted by Crippen LogP contribution is -1.84. The van der Waals surface area contributed by atoms with Gasteiger partial charge in [0.2, 0.25) is 0 Å². The summed E-state index contributed by atoms with van der Waals surface area (Å²) in [6.07, 6.45) is 3.50. The van der Waals surface area contributed by atoms with Crippen LogP contribution in [0.15, 0.2) is 33.5 Å². The van der Waals surface area contributed by atoms with E-state index in [0.29, 0.717) is 5.76 Å². The Hall–Kier alpha value is -1.57. The number of furan rings is 1. The average molecular weight is 186 g/mol. The summed E-state index contributed by atoms with van der Waals surface area (Å²) in [6.45, 7) is 0. The van der Waals surface area contributed by atoms with Crippen molar-refractivity contribution < 1.29 is 4.42 Å². The Morgan fingerprint density at radius 1 is 1.07 bits per heavy atom. The maximum Gasteiger partial charge on any atom is 0.336 e. The highest BCUT2D eigenvalue weighted by atomic mass is 16.4. The molecule has 2 heteroatoms. The molecule has 2 nitrogen and oxygen atoms in total. The van der Waals surface area contributed by atoms with E-state index in [9.17, 15) is 4.79 Å². The maximum absolute atomic E-state index is 11.0. The van der Waals surface area contributed by atoms with Crippen LogP contribution in [0, 0.1) is 0 Å². The van der Waals surface area contributed by atoms with Crippen molar-refractivity contribution in [2.24, 2.45) is 0 Å². The first-order valence-electron chi connectivity index (χ1n) is 4.88. The summed E-state index contributed by atoms with van der Waals surface area (Å²) in [7, 11) is 0. The molecule has 14 heavy (non-hydrogen) atoms. The number of rotatable bonds is 0. The summed E-state index contributed by atoms with van der Waals surface area (Å²) in [5, 5.41) is 0. The van der Waals surface area contributed by atoms with Gasteiger partial charge < -0.3 is 4.42 Å². The highest BCUT2D eigenvalue weighted by Gasteiger charge is 2.13. The van der Waals surface area contributed by atoms with E-state index < -0.39 is 0 Å². The van der Waals surface area contributed by atoms with Crippen molar-refractivity contribution in [1.29, 1.82) is 0 Å². The van der Waals surface area contributed by atoms with E-state index in [1.807, 2.05) is 6.07 Å². The van der Waals surface area contributed by atoms with Gasteiger partial charge in [-0.15, -0.1) is 0 Å². The highest BCUT2D eigenvalue weighted by Crippen LogP contribution is 2.27. The number of hydrogen-bond donors (Lipinski definition) is 0. The molecule has 0 fully saturated rings. The van der Waals surface area contributed by atoms with Crippen LogP contribution in [0.3, 0.4) is 0 Å². The fourth-order valence-electron chi connectivity index (χ4n) is 2.15. The zero-order valence-corrected chi connectivity index (χ0v) is 7.75. The second-order valence-electron chi connectivity index (χ2n) is 3.77.